The fourth-order valence-corrected chi connectivity index (χ4v) is 1.72. The monoisotopic (exact) mass is 286 g/mol. The summed E-state index contributed by atoms with van der Waals surface area (Å²) in [5.41, 5.74) is 1.19. The molecule has 2 heteroatoms. The van der Waals surface area contributed by atoms with Gasteiger partial charge in [-0.15, -0.1) is 0 Å². The van der Waals surface area contributed by atoms with Gasteiger partial charge in [-0.05, 0) is 33.6 Å². The van der Waals surface area contributed by atoms with Crippen LogP contribution in [0.5, 0.6) is 5.75 Å². The predicted octanol–water partition coefficient (Wildman–Crippen LogP) is 4.03. The van der Waals surface area contributed by atoms with Crippen molar-refractivity contribution in [2.45, 2.75) is 6.42 Å². The number of para-hydroxylation sites is 1. The minimum absolute atomic E-state index is 0.700. The van der Waals surface area contributed by atoms with E-state index in [1.165, 1.54) is 5.56 Å². The Morgan fingerprint density at radius 3 is 2.41 bits per heavy atom. The second-order valence-electron chi connectivity index (χ2n) is 3.47. The molecule has 0 aromatic heterocycles. The number of halogens is 1. The van der Waals surface area contributed by atoms with Crippen molar-refractivity contribution in [3.63, 3.8) is 0 Å². The van der Waals surface area contributed by atoms with Crippen LogP contribution >= 0.6 is 15.9 Å². The Labute approximate surface area is 110 Å². The largest absolute Gasteiger partial charge is 0.406 e. The van der Waals surface area contributed by atoms with Crippen LogP contribution in [0.15, 0.2) is 59.1 Å². The lowest BCUT2D eigenvalue weighted by Gasteiger charge is -1.98. The zero-order chi connectivity index (χ0) is 11.9. The van der Waals surface area contributed by atoms with Crippen molar-refractivity contribution in [2.75, 3.05) is 0 Å². The molecule has 2 aromatic rings. The molecule has 84 valence electrons. The number of ether oxygens (including phenoxy) is 1. The first-order valence-electron chi connectivity index (χ1n) is 5.29. The number of hydrogen-bond acceptors (Lipinski definition) is 1. The van der Waals surface area contributed by atoms with Gasteiger partial charge in [0, 0.05) is 6.42 Å². The van der Waals surface area contributed by atoms with Crippen LogP contribution in [0.3, 0.4) is 0 Å². The Morgan fingerprint density at radius 1 is 0.941 bits per heavy atom. The van der Waals surface area contributed by atoms with Gasteiger partial charge in [0.15, 0.2) is 5.75 Å². The molecule has 0 saturated heterocycles. The molecule has 0 bridgehead atoms. The fraction of sp³-hybridized carbons (Fsp3) is 0.0667. The second-order valence-corrected chi connectivity index (χ2v) is 4.33. The lowest BCUT2D eigenvalue weighted by Crippen LogP contribution is -1.85. The topological polar surface area (TPSA) is 9.23 Å². The molecule has 2 aromatic carbocycles. The van der Waals surface area contributed by atoms with E-state index in [1.807, 2.05) is 54.6 Å². The minimum Gasteiger partial charge on any atom is -0.406 e. The third kappa shape index (κ3) is 3.65. The summed E-state index contributed by atoms with van der Waals surface area (Å²) < 4.78 is 6.26. The zero-order valence-electron chi connectivity index (χ0n) is 9.19. The van der Waals surface area contributed by atoms with E-state index in [1.54, 1.807) is 0 Å². The van der Waals surface area contributed by atoms with Gasteiger partial charge in [0.1, 0.15) is 6.11 Å². The fourth-order valence-electron chi connectivity index (χ4n) is 1.35. The molecular formula is C15H11BrO. The van der Waals surface area contributed by atoms with Gasteiger partial charge in [-0.1, -0.05) is 48.4 Å². The molecule has 2 rings (SSSR count). The second kappa shape index (κ2) is 6.12. The van der Waals surface area contributed by atoms with Gasteiger partial charge in [-0.25, -0.2) is 0 Å². The van der Waals surface area contributed by atoms with Crippen LogP contribution in [0.4, 0.5) is 0 Å². The minimum atomic E-state index is 0.700. The summed E-state index contributed by atoms with van der Waals surface area (Å²) in [5.74, 6) is 3.73. The maximum atomic E-state index is 5.35. The molecule has 0 amide bonds. The smallest absolute Gasteiger partial charge is 0.154 e. The molecule has 17 heavy (non-hydrogen) atoms. The maximum Gasteiger partial charge on any atom is 0.154 e. The van der Waals surface area contributed by atoms with Crippen molar-refractivity contribution in [1.29, 1.82) is 0 Å². The Bertz CT molecular complexity index is 538. The average molecular weight is 287 g/mol. The molecule has 0 aliphatic carbocycles. The molecule has 0 spiro atoms. The van der Waals surface area contributed by atoms with Crippen LogP contribution in [0, 0.1) is 12.0 Å². The van der Waals surface area contributed by atoms with Crippen molar-refractivity contribution in [3.8, 4) is 17.8 Å². The van der Waals surface area contributed by atoms with E-state index in [4.69, 9.17) is 4.74 Å². The standard InChI is InChI=1S/C15H11BrO/c16-14-10-4-5-11-15(14)17-12-6-9-13-7-2-1-3-8-13/h1-5,7-8,10-11H,9H2. The molecule has 0 aliphatic rings. The molecule has 1 nitrogen and oxygen atoms in total. The van der Waals surface area contributed by atoms with E-state index in [0.29, 0.717) is 6.42 Å². The van der Waals surface area contributed by atoms with Crippen molar-refractivity contribution in [2.24, 2.45) is 0 Å². The highest BCUT2D eigenvalue weighted by molar-refractivity contribution is 9.10. The van der Waals surface area contributed by atoms with Crippen molar-refractivity contribution >= 4 is 15.9 Å². The van der Waals surface area contributed by atoms with Gasteiger partial charge < -0.3 is 4.74 Å². The molecule has 0 aliphatic heterocycles. The molecule has 0 saturated carbocycles. The summed E-state index contributed by atoms with van der Waals surface area (Å²) in [7, 11) is 0. The van der Waals surface area contributed by atoms with Gasteiger partial charge >= 0.3 is 0 Å². The van der Waals surface area contributed by atoms with Crippen LogP contribution in [0.2, 0.25) is 0 Å². The average Bonchev–Trinajstić information content (AvgIpc) is 2.38. The Morgan fingerprint density at radius 2 is 1.65 bits per heavy atom. The SMILES string of the molecule is Brc1ccccc1OC#CCc1ccccc1. The summed E-state index contributed by atoms with van der Waals surface area (Å²) >= 11 is 3.40. The summed E-state index contributed by atoms with van der Waals surface area (Å²) in [6.45, 7) is 0. The first-order valence-corrected chi connectivity index (χ1v) is 6.09. The molecule has 0 unspecified atom stereocenters. The van der Waals surface area contributed by atoms with Crippen molar-refractivity contribution < 1.29 is 4.74 Å². The molecule has 0 atom stereocenters. The number of hydrogen-bond donors (Lipinski definition) is 0. The summed E-state index contributed by atoms with van der Waals surface area (Å²) in [6, 6.07) is 17.8. The van der Waals surface area contributed by atoms with Crippen LogP contribution in [-0.4, -0.2) is 0 Å². The highest BCUT2D eigenvalue weighted by Crippen LogP contribution is 2.23. The van der Waals surface area contributed by atoms with Crippen molar-refractivity contribution in [3.05, 3.63) is 64.6 Å². The molecule has 0 heterocycles. The summed E-state index contributed by atoms with van der Waals surface area (Å²) in [4.78, 5) is 0. The highest BCUT2D eigenvalue weighted by Gasteiger charge is 1.96. The third-order valence-electron chi connectivity index (χ3n) is 2.21. The zero-order valence-corrected chi connectivity index (χ0v) is 10.8. The predicted molar refractivity (Wildman–Crippen MR) is 72.7 cm³/mol. The number of benzene rings is 2. The molecular weight excluding hydrogens is 276 g/mol. The Hall–Kier alpha value is -1.72. The van der Waals surface area contributed by atoms with E-state index in [2.05, 4.69) is 28.0 Å². The normalized spacial score (nSPS) is 9.24. The Kier molecular flexibility index (Phi) is 4.23. The van der Waals surface area contributed by atoms with Crippen LogP contribution in [0.1, 0.15) is 5.56 Å². The van der Waals surface area contributed by atoms with Gasteiger partial charge in [0.25, 0.3) is 0 Å². The lowest BCUT2D eigenvalue weighted by atomic mass is 10.2. The number of rotatable bonds is 2. The molecule has 0 N–H and O–H groups in total. The van der Waals surface area contributed by atoms with Crippen LogP contribution in [-0.2, 0) is 6.42 Å². The van der Waals surface area contributed by atoms with Gasteiger partial charge in [-0.3, -0.25) is 0 Å². The van der Waals surface area contributed by atoms with E-state index < -0.39 is 0 Å². The Balaban J connectivity index is 1.94. The van der Waals surface area contributed by atoms with Gasteiger partial charge in [0.2, 0.25) is 0 Å². The van der Waals surface area contributed by atoms with E-state index in [0.717, 1.165) is 10.2 Å². The first-order chi connectivity index (χ1) is 8.36. The van der Waals surface area contributed by atoms with E-state index in [9.17, 15) is 0 Å². The highest BCUT2D eigenvalue weighted by atomic mass is 79.9. The maximum absolute atomic E-state index is 5.35. The van der Waals surface area contributed by atoms with E-state index in [-0.39, 0.29) is 0 Å². The van der Waals surface area contributed by atoms with Crippen molar-refractivity contribution in [1.82, 2.24) is 0 Å². The van der Waals surface area contributed by atoms with Gasteiger partial charge in [-0.2, -0.15) is 0 Å². The van der Waals surface area contributed by atoms with E-state index >= 15 is 0 Å². The third-order valence-corrected chi connectivity index (χ3v) is 2.86. The van der Waals surface area contributed by atoms with Crippen LogP contribution < -0.4 is 4.74 Å². The first kappa shape index (κ1) is 11.8. The lowest BCUT2D eigenvalue weighted by molar-refractivity contribution is 0.515. The quantitative estimate of drug-likeness (QED) is 0.758. The summed E-state index contributed by atoms with van der Waals surface area (Å²) in [6.07, 6.45) is 3.41. The summed E-state index contributed by atoms with van der Waals surface area (Å²) in [5, 5.41) is 0. The molecule has 0 radical (unpaired) electrons. The molecule has 0 fully saturated rings. The van der Waals surface area contributed by atoms with Gasteiger partial charge in [0.05, 0.1) is 4.47 Å². The van der Waals surface area contributed by atoms with Crippen LogP contribution in [0.25, 0.3) is 0 Å².